The number of nitrogens with zero attached hydrogens (tertiary/aromatic N) is 4. The first-order valence-electron chi connectivity index (χ1n) is 26.8. The van der Waals surface area contributed by atoms with Gasteiger partial charge in [0.05, 0.1) is 16.4 Å². The van der Waals surface area contributed by atoms with Crippen molar-refractivity contribution in [3.63, 3.8) is 0 Å². The molecule has 0 amide bonds. The Kier molecular flexibility index (Phi) is 7.15. The minimum Gasteiger partial charge on any atom is -0.509 e. The molecule has 62 heavy (non-hydrogen) atoms. The van der Waals surface area contributed by atoms with Gasteiger partial charge >= 0.3 is 0 Å². The smallest absolute Gasteiger partial charge is 0.135 e. The van der Waals surface area contributed by atoms with Crippen LogP contribution in [0.5, 0.6) is 11.5 Å². The first-order chi connectivity index (χ1) is 35.3. The van der Waals surface area contributed by atoms with Crippen molar-refractivity contribution in [3.8, 4) is 39.6 Å². The summed E-state index contributed by atoms with van der Waals surface area (Å²) < 4.78 is 132. The summed E-state index contributed by atoms with van der Waals surface area (Å²) in [6, 6.07) is 26.8. The minimum atomic E-state index is -0.828. The first kappa shape index (κ1) is 27.5. The van der Waals surface area contributed by atoms with Gasteiger partial charge in [0, 0.05) is 73.8 Å². The number of aromatic nitrogens is 2. The molecule has 0 atom stereocenters. The van der Waals surface area contributed by atoms with Gasteiger partial charge < -0.3 is 19.1 Å². The number of para-hydroxylation sites is 4. The normalized spacial score (nSPS) is 15.9. The zero-order valence-corrected chi connectivity index (χ0v) is 36.9. The van der Waals surface area contributed by atoms with E-state index in [-0.39, 0.29) is 101 Å². The SMILES string of the molecule is [2H]c1nc(-n2c3[c-]c(Oc4[c-]c(N5[CH-]N(c6c(-c7cccc(C(C)(C)C)c7)cccc6-c6c([2H])c([2H])c([2H])c([2H])c6[2H])c6ccccc65)ccc4)c([2H])c([2H])c3c3c([2H])c([2H])c([2H])c([2H])c32)c([2H])c(C(C)(C)C)c1[2H].[Pt]. The second kappa shape index (κ2) is 16.1. The zero-order chi connectivity index (χ0) is 54.1. The van der Waals surface area contributed by atoms with Crippen LogP contribution in [0.1, 0.15) is 71.9 Å². The van der Waals surface area contributed by atoms with Crippen LogP contribution in [-0.2, 0) is 31.9 Å². The molecule has 1 aliphatic rings. The Bertz CT molecular complexity index is 3880. The predicted molar refractivity (Wildman–Crippen MR) is 252 cm³/mol. The van der Waals surface area contributed by atoms with Crippen LogP contribution in [-0.4, -0.2) is 9.55 Å². The Labute approximate surface area is 399 Å². The Morgan fingerprint density at radius 1 is 0.613 bits per heavy atom. The van der Waals surface area contributed by atoms with Crippen LogP contribution in [0.2, 0.25) is 0 Å². The molecule has 310 valence electrons. The second-order valence-corrected chi connectivity index (χ2v) is 16.8. The number of hydrogen-bond donors (Lipinski definition) is 0. The molecule has 0 bridgehead atoms. The fourth-order valence-corrected chi connectivity index (χ4v) is 7.55. The average Bonchev–Trinajstić information content (AvgIpc) is 3.93. The molecule has 6 heteroatoms. The molecule has 7 aromatic carbocycles. The Balaban J connectivity index is 0.00000706. The van der Waals surface area contributed by atoms with E-state index in [1.807, 2.05) is 65.0 Å². The average molecular weight is 1000 g/mol. The molecule has 0 N–H and O–H groups in total. The molecule has 2 aromatic heterocycles. The predicted octanol–water partition coefficient (Wildman–Crippen LogP) is 14.9. The zero-order valence-electron chi connectivity index (χ0n) is 48.7. The largest absolute Gasteiger partial charge is 0.509 e. The van der Waals surface area contributed by atoms with E-state index in [0.717, 1.165) is 16.7 Å². The van der Waals surface area contributed by atoms with Gasteiger partial charge in [-0.3, -0.25) is 0 Å². The van der Waals surface area contributed by atoms with Crippen LogP contribution in [0.3, 0.4) is 0 Å². The summed E-state index contributed by atoms with van der Waals surface area (Å²) in [6.45, 7) is 13.5. The van der Waals surface area contributed by atoms with E-state index in [0.29, 0.717) is 28.3 Å². The molecule has 0 fully saturated rings. The van der Waals surface area contributed by atoms with Gasteiger partial charge in [-0.15, -0.1) is 48.1 Å². The fraction of sp³-hybridized carbons (Fsp3) is 0.143. The van der Waals surface area contributed by atoms with Crippen molar-refractivity contribution in [1.29, 1.82) is 0 Å². The quantitative estimate of drug-likeness (QED) is 0.149. The van der Waals surface area contributed by atoms with E-state index in [4.69, 9.17) is 19.8 Å². The maximum Gasteiger partial charge on any atom is 0.135 e. The molecule has 0 spiro atoms. The van der Waals surface area contributed by atoms with Crippen LogP contribution < -0.4 is 14.5 Å². The third-order valence-electron chi connectivity index (χ3n) is 10.6. The monoisotopic (exact) mass is 1000 g/mol. The van der Waals surface area contributed by atoms with Gasteiger partial charge in [-0.2, -0.15) is 12.1 Å². The van der Waals surface area contributed by atoms with Crippen LogP contribution in [0.4, 0.5) is 22.7 Å². The molecule has 5 nitrogen and oxygen atoms in total. The molecule has 9 aromatic rings. The number of pyridine rings is 1. The summed E-state index contributed by atoms with van der Waals surface area (Å²) in [7, 11) is 0. The van der Waals surface area contributed by atoms with Crippen molar-refractivity contribution in [2.45, 2.75) is 52.4 Å². The molecule has 0 unspecified atom stereocenters. The molecule has 3 heterocycles. The molecular formula is C56H47N4OPt-3. The first-order valence-corrected chi connectivity index (χ1v) is 19.8. The van der Waals surface area contributed by atoms with E-state index >= 15 is 0 Å². The van der Waals surface area contributed by atoms with Crippen LogP contribution >= 0.6 is 0 Å². The third-order valence-corrected chi connectivity index (χ3v) is 10.6. The van der Waals surface area contributed by atoms with Gasteiger partial charge in [0.25, 0.3) is 0 Å². The fourth-order valence-electron chi connectivity index (χ4n) is 7.55. The summed E-state index contributed by atoms with van der Waals surface area (Å²) in [5.41, 5.74) is 4.30. The summed E-state index contributed by atoms with van der Waals surface area (Å²) in [5, 5.41) is -0.194. The third kappa shape index (κ3) is 7.49. The number of ether oxygens (including phenoxy) is 1. The van der Waals surface area contributed by atoms with Crippen molar-refractivity contribution in [3.05, 3.63) is 200 Å². The van der Waals surface area contributed by atoms with Gasteiger partial charge in [-0.25, -0.2) is 4.98 Å². The molecule has 1 aliphatic heterocycles. The summed E-state index contributed by atoms with van der Waals surface area (Å²) in [4.78, 5) is 8.10. The van der Waals surface area contributed by atoms with Gasteiger partial charge in [0.15, 0.2) is 0 Å². The van der Waals surface area contributed by atoms with Crippen molar-refractivity contribution in [1.82, 2.24) is 9.55 Å². The van der Waals surface area contributed by atoms with Crippen molar-refractivity contribution in [2.75, 3.05) is 9.80 Å². The van der Waals surface area contributed by atoms with Gasteiger partial charge in [-0.05, 0) is 70.1 Å². The number of anilines is 4. The van der Waals surface area contributed by atoms with Crippen molar-refractivity contribution in [2.24, 2.45) is 0 Å². The van der Waals surface area contributed by atoms with E-state index < -0.39 is 66.0 Å². The van der Waals surface area contributed by atoms with Crippen molar-refractivity contribution < 1.29 is 45.0 Å². The van der Waals surface area contributed by atoms with E-state index in [2.05, 4.69) is 50.0 Å². The number of fused-ring (bicyclic) bond motifs is 4. The Morgan fingerprint density at radius 2 is 1.31 bits per heavy atom. The van der Waals surface area contributed by atoms with E-state index in [1.165, 1.54) is 4.57 Å². The van der Waals surface area contributed by atoms with Crippen LogP contribution in [0, 0.1) is 18.8 Å². The van der Waals surface area contributed by atoms with Crippen molar-refractivity contribution >= 4 is 44.6 Å². The molecule has 10 rings (SSSR count). The van der Waals surface area contributed by atoms with E-state index in [1.54, 1.807) is 45.0 Å². The minimum absolute atomic E-state index is 0. The Morgan fingerprint density at radius 3 is 2.08 bits per heavy atom. The number of benzene rings is 7. The maximum atomic E-state index is 9.37. The molecular weight excluding hydrogens is 940 g/mol. The molecule has 0 radical (unpaired) electrons. The van der Waals surface area contributed by atoms with Crippen LogP contribution in [0.25, 0.3) is 49.9 Å². The number of hydrogen-bond acceptors (Lipinski definition) is 4. The summed E-state index contributed by atoms with van der Waals surface area (Å²) in [5.74, 6) is -0.439. The number of rotatable bonds is 7. The second-order valence-electron chi connectivity index (χ2n) is 16.8. The van der Waals surface area contributed by atoms with Gasteiger partial charge in [0.1, 0.15) is 5.82 Å². The maximum absolute atomic E-state index is 9.37. The Hall–Kier alpha value is -6.42. The summed E-state index contributed by atoms with van der Waals surface area (Å²) >= 11 is 0. The molecule has 0 saturated heterocycles. The standard InChI is InChI=1S/C56H47N4O.Pt/c1-55(2,3)40-20-14-19-39(33-40)46-25-16-24-45(38-17-8-7-9-18-38)54(46)59-37-58(50-27-12-13-28-51(50)59)42-21-15-22-43(35-42)61-44-29-30-48-47-23-10-11-26-49(47)60(52(48)36-44)53-34-41(31-32-57-53)56(4,5)6;/h7-34,37H,1-6H3;/q-3;/i7D,8D,9D,10D,11D,17D,18D,23D,26D,29D,30D,31D,32D,34D;. The molecule has 0 aliphatic carbocycles. The van der Waals surface area contributed by atoms with E-state index in [9.17, 15) is 4.11 Å². The topological polar surface area (TPSA) is 33.5 Å². The van der Waals surface area contributed by atoms with Gasteiger partial charge in [-0.1, -0.05) is 150 Å². The molecule has 0 saturated carbocycles. The van der Waals surface area contributed by atoms with Gasteiger partial charge in [0.2, 0.25) is 0 Å². The van der Waals surface area contributed by atoms with Crippen LogP contribution in [0.15, 0.2) is 170 Å². The summed E-state index contributed by atoms with van der Waals surface area (Å²) in [6.07, 6.45) is -0.477.